The van der Waals surface area contributed by atoms with Gasteiger partial charge in [-0.2, -0.15) is 0 Å². The van der Waals surface area contributed by atoms with Gasteiger partial charge in [-0.3, -0.25) is 0 Å². The van der Waals surface area contributed by atoms with E-state index in [0.29, 0.717) is 0 Å². The molecule has 0 spiro atoms. The molecule has 2 N–H and O–H groups in total. The Morgan fingerprint density at radius 3 is 1.56 bits per heavy atom. The number of nitrogens with zero attached hydrogens (tertiary/aromatic N) is 4. The van der Waals surface area contributed by atoms with Gasteiger partial charge in [-0.25, -0.2) is 0 Å². The first-order chi connectivity index (χ1) is 8.81. The summed E-state index contributed by atoms with van der Waals surface area (Å²) < 4.78 is 0. The monoisotopic (exact) mass is 320 g/mol. The summed E-state index contributed by atoms with van der Waals surface area (Å²) in [6.07, 6.45) is 0. The molecule has 0 aromatic rings. The lowest BCUT2D eigenvalue weighted by Gasteiger charge is -2.12. The third kappa shape index (κ3) is 4.11. The van der Waals surface area contributed by atoms with Crippen molar-refractivity contribution in [2.24, 2.45) is 20.4 Å². The van der Waals surface area contributed by atoms with E-state index >= 15 is 0 Å². The Morgan fingerprint density at radius 2 is 1.28 bits per heavy atom. The molecule has 0 radical (unpaired) electrons. The van der Waals surface area contributed by atoms with Crippen LogP contribution >= 0.6 is 45.1 Å². The Bertz CT molecular complexity index is 389. The first kappa shape index (κ1) is 14.1. The van der Waals surface area contributed by atoms with Crippen molar-refractivity contribution in [3.8, 4) is 0 Å². The molecule has 0 aromatic carbocycles. The zero-order valence-electron chi connectivity index (χ0n) is 9.84. The Kier molecular flexibility index (Phi) is 5.73. The second-order valence-corrected chi connectivity index (χ2v) is 7.25. The van der Waals surface area contributed by atoms with Crippen LogP contribution in [0.1, 0.15) is 0 Å². The van der Waals surface area contributed by atoms with Gasteiger partial charge in [0.1, 0.15) is 10.1 Å². The fourth-order valence-electron chi connectivity index (χ4n) is 1.00. The van der Waals surface area contributed by atoms with Gasteiger partial charge >= 0.3 is 0 Å². The van der Waals surface area contributed by atoms with Gasteiger partial charge in [0.05, 0.1) is 11.5 Å². The molecule has 2 aliphatic rings. The number of hydrogen-bond donors (Lipinski definition) is 2. The third-order valence-corrected chi connectivity index (χ3v) is 6.48. The molecule has 0 bridgehead atoms. The van der Waals surface area contributed by atoms with Gasteiger partial charge in [-0.05, 0) is 21.6 Å². The van der Waals surface area contributed by atoms with E-state index in [2.05, 4.69) is 31.0 Å². The van der Waals surface area contributed by atoms with Crippen LogP contribution in [-0.4, -0.2) is 46.0 Å². The number of nitrogens with one attached hydrogen (secondary N) is 2. The predicted octanol–water partition coefficient (Wildman–Crippen LogP) is 1.64. The molecule has 10 heteroatoms. The SMILES string of the molecule is CNC1=NN=C(SSC2=NN=C(NC)SC2)CS1. The van der Waals surface area contributed by atoms with Crippen molar-refractivity contribution >= 4 is 65.5 Å². The van der Waals surface area contributed by atoms with E-state index in [0.717, 1.165) is 31.9 Å². The molecule has 6 nitrogen and oxygen atoms in total. The minimum Gasteiger partial charge on any atom is -0.366 e. The summed E-state index contributed by atoms with van der Waals surface area (Å²) in [5.41, 5.74) is 0. The van der Waals surface area contributed by atoms with Crippen LogP contribution in [0.4, 0.5) is 0 Å². The molecule has 0 fully saturated rings. The highest BCUT2D eigenvalue weighted by atomic mass is 33.1. The summed E-state index contributed by atoms with van der Waals surface area (Å²) in [5.74, 6) is 1.70. The molecule has 0 aliphatic carbocycles. The first-order valence-electron chi connectivity index (χ1n) is 5.06. The molecule has 2 aliphatic heterocycles. The average molecular weight is 320 g/mol. The molecule has 0 amide bonds. The third-order valence-electron chi connectivity index (χ3n) is 1.83. The van der Waals surface area contributed by atoms with Gasteiger partial charge < -0.3 is 10.6 Å². The van der Waals surface area contributed by atoms with E-state index in [-0.39, 0.29) is 0 Å². The summed E-state index contributed by atoms with van der Waals surface area (Å²) in [6.45, 7) is 0. The Hall–Kier alpha value is -0.320. The minimum atomic E-state index is 0.850. The number of rotatable bonds is 0. The van der Waals surface area contributed by atoms with E-state index in [1.807, 2.05) is 14.1 Å². The summed E-state index contributed by atoms with van der Waals surface area (Å²) in [4.78, 5) is 0. The van der Waals surface area contributed by atoms with Gasteiger partial charge in [-0.1, -0.05) is 23.5 Å². The van der Waals surface area contributed by atoms with Crippen LogP contribution in [-0.2, 0) is 0 Å². The van der Waals surface area contributed by atoms with Crippen molar-refractivity contribution in [3.63, 3.8) is 0 Å². The second-order valence-electron chi connectivity index (χ2n) is 3.04. The summed E-state index contributed by atoms with van der Waals surface area (Å²) in [6, 6.07) is 0. The van der Waals surface area contributed by atoms with Crippen molar-refractivity contribution in [1.82, 2.24) is 10.6 Å². The van der Waals surface area contributed by atoms with E-state index in [9.17, 15) is 0 Å². The molecule has 0 aromatic heterocycles. The molecule has 2 heterocycles. The molecule has 2 rings (SSSR count). The fourth-order valence-corrected chi connectivity index (χ4v) is 4.84. The molecule has 18 heavy (non-hydrogen) atoms. The Morgan fingerprint density at radius 1 is 0.833 bits per heavy atom. The van der Waals surface area contributed by atoms with Crippen molar-refractivity contribution in [2.75, 3.05) is 25.6 Å². The van der Waals surface area contributed by atoms with Crippen molar-refractivity contribution in [2.45, 2.75) is 0 Å². The van der Waals surface area contributed by atoms with E-state index in [1.165, 1.54) is 0 Å². The van der Waals surface area contributed by atoms with Gasteiger partial charge in [0.15, 0.2) is 10.3 Å². The maximum absolute atomic E-state index is 4.15. The van der Waals surface area contributed by atoms with Gasteiger partial charge in [-0.15, -0.1) is 20.4 Å². The van der Waals surface area contributed by atoms with Crippen LogP contribution in [0, 0.1) is 0 Å². The molecular formula is C8H12N6S4. The van der Waals surface area contributed by atoms with E-state index in [4.69, 9.17) is 0 Å². The maximum Gasteiger partial charge on any atom is 0.183 e. The quantitative estimate of drug-likeness (QED) is 0.661. The molecule has 0 saturated heterocycles. The highest BCUT2D eigenvalue weighted by Crippen LogP contribution is 2.31. The summed E-state index contributed by atoms with van der Waals surface area (Å²) >= 11 is 3.31. The van der Waals surface area contributed by atoms with Crippen molar-refractivity contribution in [1.29, 1.82) is 0 Å². The van der Waals surface area contributed by atoms with Crippen LogP contribution in [0.25, 0.3) is 0 Å². The smallest absolute Gasteiger partial charge is 0.183 e. The molecule has 0 saturated carbocycles. The number of thioether (sulfide) groups is 2. The highest BCUT2D eigenvalue weighted by Gasteiger charge is 2.14. The molecule has 98 valence electrons. The molecule has 0 unspecified atom stereocenters. The average Bonchev–Trinajstić information content (AvgIpc) is 2.46. The molecular weight excluding hydrogens is 308 g/mol. The van der Waals surface area contributed by atoms with Crippen molar-refractivity contribution < 1.29 is 0 Å². The molecule has 0 atom stereocenters. The lowest BCUT2D eigenvalue weighted by molar-refractivity contribution is 1.14. The Labute approximate surface area is 122 Å². The van der Waals surface area contributed by atoms with Gasteiger partial charge in [0, 0.05) is 14.1 Å². The first-order valence-corrected chi connectivity index (χ1v) is 9.18. The summed E-state index contributed by atoms with van der Waals surface area (Å²) in [7, 11) is 6.90. The minimum absolute atomic E-state index is 0.850. The standard InChI is InChI=1S/C8H12N6S4/c1-9-7-13-11-5(3-15-7)17-18-6-4-16-8(10-2)14-12-6/h3-4H2,1-2H3,(H,9,13)(H,10,14). The van der Waals surface area contributed by atoms with Crippen LogP contribution in [0.2, 0.25) is 0 Å². The van der Waals surface area contributed by atoms with Crippen LogP contribution < -0.4 is 10.6 Å². The van der Waals surface area contributed by atoms with Crippen LogP contribution in [0.5, 0.6) is 0 Å². The summed E-state index contributed by atoms with van der Waals surface area (Å²) in [5, 5.41) is 26.1. The zero-order valence-corrected chi connectivity index (χ0v) is 13.1. The highest BCUT2D eigenvalue weighted by molar-refractivity contribution is 8.87. The van der Waals surface area contributed by atoms with Gasteiger partial charge in [0.25, 0.3) is 0 Å². The largest absolute Gasteiger partial charge is 0.366 e. The maximum atomic E-state index is 4.15. The predicted molar refractivity (Wildman–Crippen MR) is 88.0 cm³/mol. The number of hydrogen-bond acceptors (Lipinski definition) is 10. The van der Waals surface area contributed by atoms with Crippen LogP contribution in [0.3, 0.4) is 0 Å². The van der Waals surface area contributed by atoms with E-state index < -0.39 is 0 Å². The lowest BCUT2D eigenvalue weighted by Crippen LogP contribution is -2.19. The number of amidine groups is 2. The van der Waals surface area contributed by atoms with Crippen LogP contribution in [0.15, 0.2) is 20.4 Å². The fraction of sp³-hybridized carbons (Fsp3) is 0.500. The van der Waals surface area contributed by atoms with Gasteiger partial charge in [0.2, 0.25) is 0 Å². The topological polar surface area (TPSA) is 73.5 Å². The van der Waals surface area contributed by atoms with E-state index in [1.54, 1.807) is 45.1 Å². The lowest BCUT2D eigenvalue weighted by atomic mass is 10.9. The Balaban J connectivity index is 1.83. The van der Waals surface area contributed by atoms with Crippen molar-refractivity contribution in [3.05, 3.63) is 0 Å². The normalized spacial score (nSPS) is 19.4. The zero-order chi connectivity index (χ0) is 12.8. The second kappa shape index (κ2) is 7.31.